The van der Waals surface area contributed by atoms with Crippen molar-refractivity contribution in [3.05, 3.63) is 53.6 Å². The van der Waals surface area contributed by atoms with Gasteiger partial charge in [0.2, 0.25) is 0 Å². The van der Waals surface area contributed by atoms with Gasteiger partial charge in [-0.3, -0.25) is 0 Å². The smallest absolute Gasteiger partial charge is 0.142 e. The number of benzene rings is 2. The molecule has 4 rings (SSSR count). The Balaban J connectivity index is 1.44. The fourth-order valence-corrected chi connectivity index (χ4v) is 5.80. The maximum Gasteiger partial charge on any atom is 0.142 e. The van der Waals surface area contributed by atoms with Crippen LogP contribution in [0, 0.1) is 0 Å². The zero-order chi connectivity index (χ0) is 28.4. The first-order valence-electron chi connectivity index (χ1n) is 14.5. The highest BCUT2D eigenvalue weighted by atomic mass is 16.5. The van der Waals surface area contributed by atoms with Gasteiger partial charge in [0.05, 0.1) is 50.9 Å². The number of hydrogen-bond donors (Lipinski definition) is 1. The summed E-state index contributed by atoms with van der Waals surface area (Å²) in [5, 5.41) is 3.76. The molecule has 3 atom stereocenters. The average molecular weight is 557 g/mol. The van der Waals surface area contributed by atoms with Crippen LogP contribution in [0.25, 0.3) is 0 Å². The SMILES string of the molecule is COCCCN1CCOc2ccc(CO[C@H]3CN[C@H](CC(C)(C)OCCOC)C[C@@H]3c3ccc(OC)cc3)cc21. The lowest BCUT2D eigenvalue weighted by molar-refractivity contribution is -0.0572. The summed E-state index contributed by atoms with van der Waals surface area (Å²) in [5.74, 6) is 2.07. The quantitative estimate of drug-likeness (QED) is 0.314. The second kappa shape index (κ2) is 15.0. The molecule has 0 amide bonds. The van der Waals surface area contributed by atoms with E-state index in [2.05, 4.69) is 54.4 Å². The van der Waals surface area contributed by atoms with Crippen LogP contribution in [0.2, 0.25) is 0 Å². The first kappa shape index (κ1) is 30.6. The molecule has 222 valence electrons. The lowest BCUT2D eigenvalue weighted by Crippen LogP contribution is -2.49. The van der Waals surface area contributed by atoms with E-state index in [4.69, 9.17) is 28.4 Å². The second-order valence-corrected chi connectivity index (χ2v) is 11.4. The van der Waals surface area contributed by atoms with Crippen LogP contribution < -0.4 is 19.7 Å². The molecule has 0 aliphatic carbocycles. The number of anilines is 1. The van der Waals surface area contributed by atoms with E-state index in [1.165, 1.54) is 5.56 Å². The van der Waals surface area contributed by atoms with Crippen LogP contribution in [0.1, 0.15) is 50.2 Å². The molecule has 0 saturated carbocycles. The van der Waals surface area contributed by atoms with Crippen molar-refractivity contribution in [1.29, 1.82) is 0 Å². The highest BCUT2D eigenvalue weighted by molar-refractivity contribution is 5.61. The number of rotatable bonds is 15. The van der Waals surface area contributed by atoms with Crippen LogP contribution in [0.3, 0.4) is 0 Å². The second-order valence-electron chi connectivity index (χ2n) is 11.4. The van der Waals surface area contributed by atoms with Gasteiger partial charge in [-0.25, -0.2) is 0 Å². The highest BCUT2D eigenvalue weighted by Crippen LogP contribution is 2.36. The monoisotopic (exact) mass is 556 g/mol. The van der Waals surface area contributed by atoms with Gasteiger partial charge in [0.25, 0.3) is 0 Å². The third-order valence-corrected chi connectivity index (χ3v) is 7.88. The van der Waals surface area contributed by atoms with Gasteiger partial charge < -0.3 is 38.6 Å². The van der Waals surface area contributed by atoms with E-state index in [-0.39, 0.29) is 17.6 Å². The topological polar surface area (TPSA) is 70.7 Å². The van der Waals surface area contributed by atoms with E-state index in [0.29, 0.717) is 32.5 Å². The molecule has 1 saturated heterocycles. The average Bonchev–Trinajstić information content (AvgIpc) is 2.96. The number of hydrogen-bond acceptors (Lipinski definition) is 8. The Kier molecular flexibility index (Phi) is 11.5. The van der Waals surface area contributed by atoms with Gasteiger partial charge in [-0.1, -0.05) is 18.2 Å². The van der Waals surface area contributed by atoms with Gasteiger partial charge in [0.15, 0.2) is 0 Å². The number of methoxy groups -OCH3 is 3. The molecule has 1 N–H and O–H groups in total. The summed E-state index contributed by atoms with van der Waals surface area (Å²) in [6, 6.07) is 15.2. The summed E-state index contributed by atoms with van der Waals surface area (Å²) in [4.78, 5) is 2.39. The minimum Gasteiger partial charge on any atom is -0.497 e. The molecule has 1 fully saturated rings. The Morgan fingerprint density at radius 2 is 1.80 bits per heavy atom. The third-order valence-electron chi connectivity index (χ3n) is 7.88. The number of ether oxygens (including phenoxy) is 6. The first-order valence-corrected chi connectivity index (χ1v) is 14.5. The van der Waals surface area contributed by atoms with Crippen molar-refractivity contribution in [2.45, 2.75) is 63.4 Å². The van der Waals surface area contributed by atoms with E-state index in [1.807, 2.05) is 12.1 Å². The molecule has 40 heavy (non-hydrogen) atoms. The molecule has 2 aliphatic rings. The summed E-state index contributed by atoms with van der Waals surface area (Å²) in [6.07, 6.45) is 2.93. The molecule has 2 aromatic rings. The number of nitrogens with one attached hydrogen (secondary N) is 1. The van der Waals surface area contributed by atoms with Crippen LogP contribution >= 0.6 is 0 Å². The van der Waals surface area contributed by atoms with E-state index >= 15 is 0 Å². The number of fused-ring (bicyclic) bond motifs is 1. The molecule has 2 aromatic carbocycles. The van der Waals surface area contributed by atoms with Crippen LogP contribution in [0.5, 0.6) is 11.5 Å². The molecule has 0 bridgehead atoms. The van der Waals surface area contributed by atoms with Crippen LogP contribution in [0.15, 0.2) is 42.5 Å². The molecule has 2 aliphatic heterocycles. The lowest BCUT2D eigenvalue weighted by atomic mass is 9.81. The van der Waals surface area contributed by atoms with Gasteiger partial charge in [0.1, 0.15) is 18.1 Å². The molecular weight excluding hydrogens is 508 g/mol. The van der Waals surface area contributed by atoms with Crippen LogP contribution in [0.4, 0.5) is 5.69 Å². The summed E-state index contributed by atoms with van der Waals surface area (Å²) in [7, 11) is 5.16. The fraction of sp³-hybridized carbons (Fsp3) is 0.625. The maximum absolute atomic E-state index is 6.65. The van der Waals surface area contributed by atoms with Crippen molar-refractivity contribution in [3.8, 4) is 11.5 Å². The normalized spacial score (nSPS) is 21.1. The fourth-order valence-electron chi connectivity index (χ4n) is 5.80. The number of piperidine rings is 1. The summed E-state index contributed by atoms with van der Waals surface area (Å²) < 4.78 is 34.6. The van der Waals surface area contributed by atoms with Gasteiger partial charge in [0, 0.05) is 45.9 Å². The van der Waals surface area contributed by atoms with Crippen molar-refractivity contribution in [2.24, 2.45) is 0 Å². The molecule has 2 heterocycles. The molecule has 8 nitrogen and oxygen atoms in total. The maximum atomic E-state index is 6.65. The lowest BCUT2D eigenvalue weighted by Gasteiger charge is -2.40. The minimum absolute atomic E-state index is 0.0484. The Bertz CT molecular complexity index is 1030. The van der Waals surface area contributed by atoms with Gasteiger partial charge in [-0.2, -0.15) is 0 Å². The Hall–Kier alpha value is -2.36. The van der Waals surface area contributed by atoms with Gasteiger partial charge in [-0.05, 0) is 68.5 Å². The number of nitrogens with zero attached hydrogens (tertiary/aromatic N) is 1. The zero-order valence-electron chi connectivity index (χ0n) is 24.9. The van der Waals surface area contributed by atoms with Crippen molar-refractivity contribution in [3.63, 3.8) is 0 Å². The van der Waals surface area contributed by atoms with Crippen molar-refractivity contribution < 1.29 is 28.4 Å². The van der Waals surface area contributed by atoms with E-state index in [0.717, 1.165) is 68.3 Å². The van der Waals surface area contributed by atoms with Crippen molar-refractivity contribution in [1.82, 2.24) is 5.32 Å². The molecule has 0 unspecified atom stereocenters. The first-order chi connectivity index (χ1) is 19.4. The molecular formula is C32H48N2O6. The Morgan fingerprint density at radius 1 is 1.00 bits per heavy atom. The van der Waals surface area contributed by atoms with Crippen molar-refractivity contribution >= 4 is 5.69 Å². The Morgan fingerprint density at radius 3 is 2.55 bits per heavy atom. The molecule has 0 spiro atoms. The van der Waals surface area contributed by atoms with Crippen molar-refractivity contribution in [2.75, 3.05) is 72.3 Å². The van der Waals surface area contributed by atoms with E-state index in [1.54, 1.807) is 21.3 Å². The standard InChI is InChI=1S/C32H48N2O6/c1-32(2,40-18-17-36-4)21-26-20-28(25-8-10-27(37-5)11-9-25)31(22-33-26)39-23-24-7-12-30-29(19-24)34(14-16-38-30)13-6-15-35-3/h7-12,19,26,28,31,33H,6,13-18,20-23H2,1-5H3/t26-,28+,31-/m0/s1. The highest BCUT2D eigenvalue weighted by Gasteiger charge is 2.35. The van der Waals surface area contributed by atoms with Gasteiger partial charge in [-0.15, -0.1) is 0 Å². The zero-order valence-corrected chi connectivity index (χ0v) is 24.9. The van der Waals surface area contributed by atoms with E-state index in [9.17, 15) is 0 Å². The summed E-state index contributed by atoms with van der Waals surface area (Å²) >= 11 is 0. The Labute approximate surface area is 240 Å². The largest absolute Gasteiger partial charge is 0.497 e. The molecule has 8 heteroatoms. The predicted octanol–water partition coefficient (Wildman–Crippen LogP) is 4.79. The molecule has 0 aromatic heterocycles. The van der Waals surface area contributed by atoms with E-state index < -0.39 is 0 Å². The van der Waals surface area contributed by atoms with Crippen LogP contribution in [-0.4, -0.2) is 85.1 Å². The summed E-state index contributed by atoms with van der Waals surface area (Å²) in [5.41, 5.74) is 3.34. The van der Waals surface area contributed by atoms with Gasteiger partial charge >= 0.3 is 0 Å². The molecule has 0 radical (unpaired) electrons. The minimum atomic E-state index is -0.241. The van der Waals surface area contributed by atoms with Crippen LogP contribution in [-0.2, 0) is 25.6 Å². The summed E-state index contributed by atoms with van der Waals surface area (Å²) in [6.45, 7) is 10.2. The predicted molar refractivity (Wildman–Crippen MR) is 158 cm³/mol. The third kappa shape index (κ3) is 8.57.